The maximum atomic E-state index is 13.0. The Kier molecular flexibility index (Phi) is 7.12. The third kappa shape index (κ3) is 4.50. The number of rotatable bonds is 5. The first kappa shape index (κ1) is 22.6. The Hall–Kier alpha value is -1.64. The molecule has 0 saturated carbocycles. The number of nitrogens with zero attached hydrogens (tertiary/aromatic N) is 3. The number of halogens is 2. The Balaban J connectivity index is 0.00000280. The lowest BCUT2D eigenvalue weighted by atomic mass is 9.65. The van der Waals surface area contributed by atoms with Crippen molar-refractivity contribution >= 4 is 29.9 Å². The second-order valence-electron chi connectivity index (χ2n) is 8.17. The van der Waals surface area contributed by atoms with Gasteiger partial charge >= 0.3 is 0 Å². The molecule has 0 bridgehead atoms. The molecular formula is C21H30FIN4O. The average Bonchev–Trinajstić information content (AvgIpc) is 3.08. The fourth-order valence-electron chi connectivity index (χ4n) is 3.22. The Morgan fingerprint density at radius 1 is 1.25 bits per heavy atom. The molecule has 2 heterocycles. The summed E-state index contributed by atoms with van der Waals surface area (Å²) >= 11 is 0. The molecule has 1 aliphatic rings. The Bertz CT molecular complexity index is 814. The van der Waals surface area contributed by atoms with E-state index in [4.69, 9.17) is 9.41 Å². The van der Waals surface area contributed by atoms with Crippen LogP contribution in [-0.4, -0.2) is 41.0 Å². The summed E-state index contributed by atoms with van der Waals surface area (Å²) in [5, 5.41) is 3.40. The fraction of sp³-hybridized carbons (Fsp3) is 0.524. The molecule has 7 heteroatoms. The van der Waals surface area contributed by atoms with Crippen LogP contribution in [0.25, 0.3) is 11.5 Å². The van der Waals surface area contributed by atoms with Gasteiger partial charge in [-0.25, -0.2) is 9.37 Å². The van der Waals surface area contributed by atoms with Crippen LogP contribution in [-0.2, 0) is 6.42 Å². The molecule has 1 aromatic carbocycles. The van der Waals surface area contributed by atoms with Gasteiger partial charge < -0.3 is 14.6 Å². The van der Waals surface area contributed by atoms with Crippen molar-refractivity contribution in [1.29, 1.82) is 0 Å². The minimum Gasteiger partial charge on any atom is -0.444 e. The van der Waals surface area contributed by atoms with E-state index in [2.05, 4.69) is 49.8 Å². The number of likely N-dealkylation sites (tertiary alicyclic amines) is 1. The van der Waals surface area contributed by atoms with Gasteiger partial charge in [0, 0.05) is 42.6 Å². The topological polar surface area (TPSA) is 53.7 Å². The second-order valence-corrected chi connectivity index (χ2v) is 8.17. The third-order valence-electron chi connectivity index (χ3n) is 5.75. The first-order chi connectivity index (χ1) is 12.7. The number of guanidine groups is 1. The number of aliphatic imine (C=N–C) groups is 1. The molecule has 5 nitrogen and oxygen atoms in total. The Labute approximate surface area is 183 Å². The minimum atomic E-state index is -0.270. The van der Waals surface area contributed by atoms with Crippen LogP contribution < -0.4 is 5.32 Å². The van der Waals surface area contributed by atoms with Crippen molar-refractivity contribution in [3.8, 4) is 11.5 Å². The highest BCUT2D eigenvalue weighted by atomic mass is 127. The fourth-order valence-corrected chi connectivity index (χ4v) is 3.22. The van der Waals surface area contributed by atoms with E-state index in [0.717, 1.165) is 30.3 Å². The Morgan fingerprint density at radius 2 is 1.93 bits per heavy atom. The van der Waals surface area contributed by atoms with Gasteiger partial charge in [-0.3, -0.25) is 4.99 Å². The van der Waals surface area contributed by atoms with Gasteiger partial charge in [-0.05, 0) is 45.0 Å². The van der Waals surface area contributed by atoms with Crippen molar-refractivity contribution in [2.75, 3.05) is 19.6 Å². The number of oxazole rings is 1. The van der Waals surface area contributed by atoms with Crippen LogP contribution in [0.4, 0.5) is 4.39 Å². The van der Waals surface area contributed by atoms with Crippen molar-refractivity contribution in [3.63, 3.8) is 0 Å². The summed E-state index contributed by atoms with van der Waals surface area (Å²) in [6, 6.07) is 6.14. The lowest BCUT2D eigenvalue weighted by Crippen LogP contribution is -2.72. The lowest BCUT2D eigenvalue weighted by Gasteiger charge is -2.62. The highest BCUT2D eigenvalue weighted by Crippen LogP contribution is 2.46. The summed E-state index contributed by atoms with van der Waals surface area (Å²) in [6.45, 7) is 13.6. The van der Waals surface area contributed by atoms with Crippen LogP contribution in [0.15, 0.2) is 39.9 Å². The molecule has 0 unspecified atom stereocenters. The zero-order valence-corrected chi connectivity index (χ0v) is 19.6. The first-order valence-corrected chi connectivity index (χ1v) is 9.51. The zero-order valence-electron chi connectivity index (χ0n) is 17.3. The molecule has 2 aromatic rings. The first-order valence-electron chi connectivity index (χ1n) is 9.51. The number of nitrogens with one attached hydrogen (secondary N) is 1. The molecule has 1 saturated heterocycles. The molecule has 0 amide bonds. The van der Waals surface area contributed by atoms with Gasteiger partial charge in [0.1, 0.15) is 12.1 Å². The highest BCUT2D eigenvalue weighted by molar-refractivity contribution is 14.0. The predicted octanol–water partition coefficient (Wildman–Crippen LogP) is 4.73. The summed E-state index contributed by atoms with van der Waals surface area (Å²) in [4.78, 5) is 11.6. The predicted molar refractivity (Wildman–Crippen MR) is 122 cm³/mol. The molecule has 1 aromatic heterocycles. The van der Waals surface area contributed by atoms with Gasteiger partial charge in [0.25, 0.3) is 0 Å². The maximum Gasteiger partial charge on any atom is 0.226 e. The number of hydrogen-bond donors (Lipinski definition) is 1. The van der Waals surface area contributed by atoms with Crippen LogP contribution in [0, 0.1) is 11.2 Å². The number of aromatic nitrogens is 1. The van der Waals surface area contributed by atoms with Crippen molar-refractivity contribution in [1.82, 2.24) is 15.2 Å². The monoisotopic (exact) mass is 500 g/mol. The SMILES string of the molecule is CCNC(=NCCc1coc(-c2ccc(F)cc2)n1)N1CC(C)(C)C1(C)C.I. The normalized spacial score (nSPS) is 17.6. The van der Waals surface area contributed by atoms with Crippen LogP contribution in [0.3, 0.4) is 0 Å². The quantitative estimate of drug-likeness (QED) is 0.367. The van der Waals surface area contributed by atoms with Gasteiger partial charge in [-0.2, -0.15) is 0 Å². The van der Waals surface area contributed by atoms with Gasteiger partial charge in [-0.1, -0.05) is 13.8 Å². The molecule has 0 spiro atoms. The molecule has 28 heavy (non-hydrogen) atoms. The summed E-state index contributed by atoms with van der Waals surface area (Å²) in [5.41, 5.74) is 1.94. The molecule has 1 N–H and O–H groups in total. The van der Waals surface area contributed by atoms with Gasteiger partial charge in [-0.15, -0.1) is 24.0 Å². The van der Waals surface area contributed by atoms with E-state index in [1.54, 1.807) is 18.4 Å². The molecule has 3 rings (SSSR count). The molecule has 0 aliphatic carbocycles. The zero-order chi connectivity index (χ0) is 19.7. The van der Waals surface area contributed by atoms with Crippen molar-refractivity contribution in [2.24, 2.45) is 10.4 Å². The third-order valence-corrected chi connectivity index (χ3v) is 5.75. The van der Waals surface area contributed by atoms with Gasteiger partial charge in [0.15, 0.2) is 5.96 Å². The van der Waals surface area contributed by atoms with E-state index in [1.165, 1.54) is 12.1 Å². The Morgan fingerprint density at radius 3 is 2.50 bits per heavy atom. The molecule has 0 atom stereocenters. The van der Waals surface area contributed by atoms with Crippen LogP contribution in [0.2, 0.25) is 0 Å². The smallest absolute Gasteiger partial charge is 0.226 e. The molecule has 0 radical (unpaired) electrons. The van der Waals surface area contributed by atoms with E-state index in [1.807, 2.05) is 0 Å². The van der Waals surface area contributed by atoms with Crippen LogP contribution >= 0.6 is 24.0 Å². The maximum absolute atomic E-state index is 13.0. The van der Waals surface area contributed by atoms with E-state index < -0.39 is 0 Å². The van der Waals surface area contributed by atoms with E-state index >= 15 is 0 Å². The van der Waals surface area contributed by atoms with E-state index in [9.17, 15) is 4.39 Å². The molecule has 1 aliphatic heterocycles. The van der Waals surface area contributed by atoms with Gasteiger partial charge in [0.05, 0.1) is 5.69 Å². The van der Waals surface area contributed by atoms with Crippen LogP contribution in [0.5, 0.6) is 0 Å². The molecular weight excluding hydrogens is 470 g/mol. The van der Waals surface area contributed by atoms with Crippen molar-refractivity contribution in [3.05, 3.63) is 42.0 Å². The molecule has 154 valence electrons. The van der Waals surface area contributed by atoms with Gasteiger partial charge in [0.2, 0.25) is 5.89 Å². The minimum absolute atomic E-state index is 0. The summed E-state index contributed by atoms with van der Waals surface area (Å²) in [5.74, 6) is 1.18. The van der Waals surface area contributed by atoms with E-state index in [-0.39, 0.29) is 40.7 Å². The number of hydrogen-bond acceptors (Lipinski definition) is 3. The second kappa shape index (κ2) is 8.80. The highest BCUT2D eigenvalue weighted by Gasteiger charge is 2.53. The van der Waals surface area contributed by atoms with Crippen molar-refractivity contribution in [2.45, 2.75) is 46.6 Å². The average molecular weight is 500 g/mol. The van der Waals surface area contributed by atoms with Crippen molar-refractivity contribution < 1.29 is 8.81 Å². The summed E-state index contributed by atoms with van der Waals surface area (Å²) in [6.07, 6.45) is 2.34. The number of benzene rings is 1. The molecule has 1 fully saturated rings. The lowest BCUT2D eigenvalue weighted by molar-refractivity contribution is -0.0667. The summed E-state index contributed by atoms with van der Waals surface area (Å²) < 4.78 is 18.6. The van der Waals surface area contributed by atoms with Crippen LogP contribution in [0.1, 0.15) is 40.3 Å². The standard InChI is InChI=1S/C21H29FN4O.HI/c1-6-23-19(26-14-20(2,3)21(26,4)5)24-12-11-17-13-27-18(25-17)15-7-9-16(22)10-8-15;/h7-10,13H,6,11-12,14H2,1-5H3,(H,23,24);1H. The van der Waals surface area contributed by atoms with E-state index in [0.29, 0.717) is 18.9 Å². The largest absolute Gasteiger partial charge is 0.444 e. The summed E-state index contributed by atoms with van der Waals surface area (Å²) in [7, 11) is 0.